The van der Waals surface area contributed by atoms with Gasteiger partial charge in [0.05, 0.1) is 27.5 Å². The zero-order valence-electron chi connectivity index (χ0n) is 15.5. The Hall–Kier alpha value is -2.93. The highest BCUT2D eigenvalue weighted by Crippen LogP contribution is 2.33. The first-order valence-corrected chi connectivity index (χ1v) is 8.37. The Kier molecular flexibility index (Phi) is 7.31. The van der Waals surface area contributed by atoms with Crippen molar-refractivity contribution in [1.82, 2.24) is 5.43 Å². The lowest BCUT2D eigenvalue weighted by atomic mass is 10.2. The number of carbonyl (C=O) groups is 1. The van der Waals surface area contributed by atoms with Crippen molar-refractivity contribution in [2.45, 2.75) is 6.92 Å². The maximum Gasteiger partial charge on any atom is 0.277 e. The zero-order chi connectivity index (χ0) is 19.8. The fourth-order valence-electron chi connectivity index (χ4n) is 2.28. The van der Waals surface area contributed by atoms with Gasteiger partial charge in [-0.25, -0.2) is 5.43 Å². The molecule has 0 aliphatic heterocycles. The average molecular weight is 393 g/mol. The SMILES string of the molecule is COc1cc(OC)c(OC)cc1/C=N/NC(=O)COc1ccc(Cl)cc1C. The normalized spacial score (nSPS) is 10.6. The van der Waals surface area contributed by atoms with Crippen LogP contribution in [0.1, 0.15) is 11.1 Å². The van der Waals surface area contributed by atoms with Crippen LogP contribution in [0.15, 0.2) is 35.4 Å². The molecule has 0 spiro atoms. The van der Waals surface area contributed by atoms with Gasteiger partial charge in [-0.3, -0.25) is 4.79 Å². The molecule has 0 aliphatic rings. The van der Waals surface area contributed by atoms with Gasteiger partial charge in [0.2, 0.25) is 0 Å². The number of carbonyl (C=O) groups excluding carboxylic acids is 1. The van der Waals surface area contributed by atoms with Gasteiger partial charge in [-0.2, -0.15) is 5.10 Å². The Balaban J connectivity index is 1.99. The van der Waals surface area contributed by atoms with Crippen molar-refractivity contribution in [3.05, 3.63) is 46.5 Å². The number of nitrogens with one attached hydrogen (secondary N) is 1. The lowest BCUT2D eigenvalue weighted by Gasteiger charge is -2.11. The van der Waals surface area contributed by atoms with E-state index in [1.54, 1.807) is 30.3 Å². The number of amides is 1. The minimum Gasteiger partial charge on any atom is -0.496 e. The van der Waals surface area contributed by atoms with Crippen molar-refractivity contribution in [3.63, 3.8) is 0 Å². The number of hydrogen-bond donors (Lipinski definition) is 1. The van der Waals surface area contributed by atoms with Crippen molar-refractivity contribution in [1.29, 1.82) is 0 Å². The van der Waals surface area contributed by atoms with Crippen molar-refractivity contribution < 1.29 is 23.7 Å². The molecule has 8 heteroatoms. The Morgan fingerprint density at radius 3 is 2.33 bits per heavy atom. The molecule has 0 aliphatic carbocycles. The molecule has 0 heterocycles. The molecule has 0 bridgehead atoms. The Bertz CT molecular complexity index is 839. The van der Waals surface area contributed by atoms with Gasteiger partial charge in [-0.1, -0.05) is 11.6 Å². The average Bonchev–Trinajstić information content (AvgIpc) is 2.66. The van der Waals surface area contributed by atoms with E-state index in [1.165, 1.54) is 27.5 Å². The molecule has 1 N–H and O–H groups in total. The topological polar surface area (TPSA) is 78.4 Å². The highest BCUT2D eigenvalue weighted by atomic mass is 35.5. The standard InChI is InChI=1S/C19H21ClN2O5/c1-12-7-14(20)5-6-15(12)27-11-19(23)22-21-10-13-8-17(25-3)18(26-4)9-16(13)24-2/h5-10H,11H2,1-4H3,(H,22,23)/b21-10+. The second-order valence-electron chi connectivity index (χ2n) is 5.44. The molecule has 0 radical (unpaired) electrons. The number of hydrogen-bond acceptors (Lipinski definition) is 6. The van der Waals surface area contributed by atoms with Crippen molar-refractivity contribution in [2.75, 3.05) is 27.9 Å². The molecule has 27 heavy (non-hydrogen) atoms. The van der Waals surface area contributed by atoms with E-state index in [1.807, 2.05) is 6.92 Å². The molecular weight excluding hydrogens is 372 g/mol. The Morgan fingerprint density at radius 2 is 1.70 bits per heavy atom. The third kappa shape index (κ3) is 5.52. The van der Waals surface area contributed by atoms with E-state index in [9.17, 15) is 4.79 Å². The number of halogens is 1. The number of nitrogens with zero attached hydrogens (tertiary/aromatic N) is 1. The predicted molar refractivity (Wildman–Crippen MR) is 104 cm³/mol. The van der Waals surface area contributed by atoms with Gasteiger partial charge in [0.25, 0.3) is 5.91 Å². The van der Waals surface area contributed by atoms with Gasteiger partial charge in [0, 0.05) is 16.7 Å². The number of aryl methyl sites for hydroxylation is 1. The second-order valence-corrected chi connectivity index (χ2v) is 5.88. The molecule has 0 saturated heterocycles. The van der Waals surface area contributed by atoms with E-state index in [-0.39, 0.29) is 6.61 Å². The third-order valence-corrected chi connectivity index (χ3v) is 3.86. The van der Waals surface area contributed by atoms with Gasteiger partial charge >= 0.3 is 0 Å². The van der Waals surface area contributed by atoms with E-state index in [0.29, 0.717) is 33.6 Å². The highest BCUT2D eigenvalue weighted by Gasteiger charge is 2.11. The summed E-state index contributed by atoms with van der Waals surface area (Å²) < 4.78 is 21.2. The Labute approximate surface area is 162 Å². The Morgan fingerprint density at radius 1 is 1.04 bits per heavy atom. The fourth-order valence-corrected chi connectivity index (χ4v) is 2.50. The quantitative estimate of drug-likeness (QED) is 0.551. The molecule has 0 saturated carbocycles. The lowest BCUT2D eigenvalue weighted by Crippen LogP contribution is -2.24. The molecule has 1 amide bonds. The van der Waals surface area contributed by atoms with Crippen LogP contribution in [0.25, 0.3) is 0 Å². The predicted octanol–water partition coefficient (Wildman–Crippen LogP) is 3.20. The molecule has 2 aromatic carbocycles. The van der Waals surface area contributed by atoms with Crippen LogP contribution in [0, 0.1) is 6.92 Å². The van der Waals surface area contributed by atoms with Crippen LogP contribution in [0.4, 0.5) is 0 Å². The van der Waals surface area contributed by atoms with Crippen LogP contribution in [0.3, 0.4) is 0 Å². The summed E-state index contributed by atoms with van der Waals surface area (Å²) in [5, 5.41) is 4.54. The van der Waals surface area contributed by atoms with Crippen molar-refractivity contribution >= 4 is 23.7 Å². The minimum atomic E-state index is -0.403. The van der Waals surface area contributed by atoms with Crippen LogP contribution >= 0.6 is 11.6 Å². The molecule has 2 rings (SSSR count). The monoisotopic (exact) mass is 392 g/mol. The van der Waals surface area contributed by atoms with Gasteiger partial charge in [0.1, 0.15) is 11.5 Å². The summed E-state index contributed by atoms with van der Waals surface area (Å²) in [6.45, 7) is 1.67. The molecule has 0 fully saturated rings. The maximum atomic E-state index is 11.9. The van der Waals surface area contributed by atoms with Gasteiger partial charge in [-0.05, 0) is 36.8 Å². The number of methoxy groups -OCH3 is 3. The van der Waals surface area contributed by atoms with E-state index < -0.39 is 5.91 Å². The summed E-state index contributed by atoms with van der Waals surface area (Å²) in [6, 6.07) is 8.54. The minimum absolute atomic E-state index is 0.178. The second kappa shape index (κ2) is 9.68. The number of ether oxygens (including phenoxy) is 4. The first kappa shape index (κ1) is 20.4. The molecular formula is C19H21ClN2O5. The largest absolute Gasteiger partial charge is 0.496 e. The summed E-state index contributed by atoms with van der Waals surface area (Å²) in [4.78, 5) is 11.9. The first-order chi connectivity index (χ1) is 13.0. The lowest BCUT2D eigenvalue weighted by molar-refractivity contribution is -0.123. The molecule has 2 aromatic rings. The molecule has 0 unspecified atom stereocenters. The van der Waals surface area contributed by atoms with Gasteiger partial charge < -0.3 is 18.9 Å². The van der Waals surface area contributed by atoms with E-state index in [4.69, 9.17) is 30.5 Å². The van der Waals surface area contributed by atoms with Crippen LogP contribution in [0.5, 0.6) is 23.0 Å². The van der Waals surface area contributed by atoms with Crippen molar-refractivity contribution in [2.24, 2.45) is 5.10 Å². The number of benzene rings is 2. The van der Waals surface area contributed by atoms with Gasteiger partial charge in [0.15, 0.2) is 18.1 Å². The summed E-state index contributed by atoms with van der Waals surface area (Å²) in [7, 11) is 4.59. The van der Waals surface area contributed by atoms with Crippen LogP contribution in [-0.2, 0) is 4.79 Å². The van der Waals surface area contributed by atoms with Crippen LogP contribution in [-0.4, -0.2) is 40.1 Å². The fraction of sp³-hybridized carbons (Fsp3) is 0.263. The number of rotatable bonds is 8. The van der Waals surface area contributed by atoms with Crippen LogP contribution < -0.4 is 24.4 Å². The first-order valence-electron chi connectivity index (χ1n) is 7.99. The smallest absolute Gasteiger partial charge is 0.277 e. The third-order valence-electron chi connectivity index (χ3n) is 3.62. The summed E-state index contributed by atoms with van der Waals surface area (Å²) >= 11 is 5.89. The van der Waals surface area contributed by atoms with Crippen LogP contribution in [0.2, 0.25) is 5.02 Å². The maximum absolute atomic E-state index is 11.9. The summed E-state index contributed by atoms with van der Waals surface area (Å²) in [5.41, 5.74) is 3.86. The van der Waals surface area contributed by atoms with E-state index in [2.05, 4.69) is 10.5 Å². The summed E-state index contributed by atoms with van der Waals surface area (Å²) in [6.07, 6.45) is 1.45. The van der Waals surface area contributed by atoms with E-state index in [0.717, 1.165) is 5.56 Å². The summed E-state index contributed by atoms with van der Waals surface area (Å²) in [5.74, 6) is 1.76. The highest BCUT2D eigenvalue weighted by molar-refractivity contribution is 6.30. The van der Waals surface area contributed by atoms with E-state index >= 15 is 0 Å². The zero-order valence-corrected chi connectivity index (χ0v) is 16.3. The van der Waals surface area contributed by atoms with Crippen molar-refractivity contribution in [3.8, 4) is 23.0 Å². The molecule has 7 nitrogen and oxygen atoms in total. The molecule has 0 atom stereocenters. The molecule has 0 aromatic heterocycles. The number of hydrazone groups is 1. The van der Waals surface area contributed by atoms with Gasteiger partial charge in [-0.15, -0.1) is 0 Å². The molecule has 144 valence electrons.